The molecule has 4 aromatic rings. The number of rotatable bonds is 12. The van der Waals surface area contributed by atoms with Gasteiger partial charge in [0.05, 0.1) is 13.7 Å². The van der Waals surface area contributed by atoms with Crippen LogP contribution in [-0.2, 0) is 17.7 Å². The first-order chi connectivity index (χ1) is 20.3. The predicted molar refractivity (Wildman–Crippen MR) is 148 cm³/mol. The Hall–Kier alpha value is -4.93. The molecule has 42 heavy (non-hydrogen) atoms. The number of halogens is 2. The Balaban J connectivity index is 1.50. The maximum absolute atomic E-state index is 14.2. The molecular formula is C31H29F2N3O6. The Morgan fingerprint density at radius 2 is 1.86 bits per heavy atom. The molecule has 2 amide bonds. The van der Waals surface area contributed by atoms with Gasteiger partial charge < -0.3 is 29.7 Å². The number of methoxy groups -OCH3 is 1. The number of nitrogens with zero attached hydrogens (tertiary/aromatic N) is 1. The Morgan fingerprint density at radius 1 is 1.07 bits per heavy atom. The summed E-state index contributed by atoms with van der Waals surface area (Å²) >= 11 is 0. The first kappa shape index (κ1) is 28.6. The highest BCUT2D eigenvalue weighted by atomic mass is 19.1. The van der Waals surface area contributed by atoms with E-state index in [0.29, 0.717) is 29.6 Å². The third-order valence-electron chi connectivity index (χ3n) is 6.72. The monoisotopic (exact) mass is 577 g/mol. The molecule has 5 rings (SSSR count). The lowest BCUT2D eigenvalue weighted by Crippen LogP contribution is -2.26. The quantitative estimate of drug-likeness (QED) is 0.220. The first-order valence-corrected chi connectivity index (χ1v) is 13.3. The van der Waals surface area contributed by atoms with Crippen LogP contribution in [0.5, 0.6) is 11.5 Å². The van der Waals surface area contributed by atoms with Gasteiger partial charge in [0.1, 0.15) is 11.6 Å². The second-order valence-corrected chi connectivity index (χ2v) is 9.89. The standard InChI is InChI=1S/C31H29F2N3O6/c1-39-24-12-10-20(14-25(24)40-17-19-7-8-19)30-36-27(29(37)35-16-21-9-11-22(32)15-23(21)33)28(42-30)26(41-31(34)38)13-18-5-3-2-4-6-18/h2-6,9-12,14-15,19,26H,7-8,13,16-17H2,1H3,(H2,34,38)(H,35,37)/t26-/m0/s1. The van der Waals surface area contributed by atoms with Crippen molar-refractivity contribution >= 4 is 12.0 Å². The average molecular weight is 578 g/mol. The molecular weight excluding hydrogens is 548 g/mol. The van der Waals surface area contributed by atoms with Crippen molar-refractivity contribution in [1.29, 1.82) is 0 Å². The smallest absolute Gasteiger partial charge is 0.405 e. The summed E-state index contributed by atoms with van der Waals surface area (Å²) in [4.78, 5) is 29.7. The summed E-state index contributed by atoms with van der Waals surface area (Å²) in [6, 6.07) is 17.2. The SMILES string of the molecule is COc1ccc(-c2nc(C(=O)NCc3ccc(F)cc3F)c([C@H](Cc3ccccc3)OC(N)=O)o2)cc1OCC1CC1. The summed E-state index contributed by atoms with van der Waals surface area (Å²) in [6.07, 6.45) is 0.151. The Labute approximate surface area is 240 Å². The van der Waals surface area contributed by atoms with Crippen LogP contribution in [0.4, 0.5) is 13.6 Å². The van der Waals surface area contributed by atoms with E-state index in [9.17, 15) is 18.4 Å². The number of hydrogen-bond acceptors (Lipinski definition) is 7. The molecule has 1 aliphatic rings. The number of amides is 2. The molecule has 1 aliphatic carbocycles. The van der Waals surface area contributed by atoms with E-state index in [-0.39, 0.29) is 35.9 Å². The molecule has 1 aromatic heterocycles. The molecule has 11 heteroatoms. The number of carbonyl (C=O) groups is 2. The van der Waals surface area contributed by atoms with Gasteiger partial charge in [0.2, 0.25) is 5.89 Å². The minimum absolute atomic E-state index is 0.0492. The maximum atomic E-state index is 14.2. The first-order valence-electron chi connectivity index (χ1n) is 13.3. The van der Waals surface area contributed by atoms with Gasteiger partial charge in [-0.15, -0.1) is 0 Å². The molecule has 1 fully saturated rings. The van der Waals surface area contributed by atoms with Crippen LogP contribution in [0.1, 0.15) is 46.3 Å². The summed E-state index contributed by atoms with van der Waals surface area (Å²) in [5.41, 5.74) is 6.51. The zero-order valence-electron chi connectivity index (χ0n) is 22.8. The zero-order valence-corrected chi connectivity index (χ0v) is 22.8. The van der Waals surface area contributed by atoms with E-state index < -0.39 is 29.7 Å². The van der Waals surface area contributed by atoms with Crippen molar-refractivity contribution in [1.82, 2.24) is 10.3 Å². The van der Waals surface area contributed by atoms with Crippen LogP contribution < -0.4 is 20.5 Å². The van der Waals surface area contributed by atoms with Crippen molar-refractivity contribution in [3.63, 3.8) is 0 Å². The van der Waals surface area contributed by atoms with E-state index in [1.165, 1.54) is 13.2 Å². The summed E-state index contributed by atoms with van der Waals surface area (Å²) in [5.74, 6) is -0.788. The second-order valence-electron chi connectivity index (χ2n) is 9.89. The van der Waals surface area contributed by atoms with E-state index in [1.807, 2.05) is 30.3 Å². The van der Waals surface area contributed by atoms with E-state index in [4.69, 9.17) is 24.4 Å². The molecule has 0 aliphatic heterocycles. The molecule has 0 saturated heterocycles. The summed E-state index contributed by atoms with van der Waals surface area (Å²) in [5, 5.41) is 2.58. The molecule has 218 valence electrons. The summed E-state index contributed by atoms with van der Waals surface area (Å²) in [7, 11) is 1.53. The minimum atomic E-state index is -1.11. The highest BCUT2D eigenvalue weighted by Crippen LogP contribution is 2.37. The van der Waals surface area contributed by atoms with Gasteiger partial charge in [-0.2, -0.15) is 0 Å². The highest BCUT2D eigenvalue weighted by molar-refractivity contribution is 5.94. The number of oxazole rings is 1. The van der Waals surface area contributed by atoms with Gasteiger partial charge in [-0.25, -0.2) is 18.6 Å². The third kappa shape index (κ3) is 7.03. The minimum Gasteiger partial charge on any atom is -0.493 e. The Kier molecular flexibility index (Phi) is 8.66. The molecule has 1 saturated carbocycles. The van der Waals surface area contributed by atoms with E-state index in [0.717, 1.165) is 30.5 Å². The van der Waals surface area contributed by atoms with Gasteiger partial charge in [0.15, 0.2) is 29.1 Å². The Morgan fingerprint density at radius 3 is 2.55 bits per heavy atom. The fourth-order valence-electron chi connectivity index (χ4n) is 4.33. The van der Waals surface area contributed by atoms with Crippen LogP contribution in [0.3, 0.4) is 0 Å². The number of nitrogens with two attached hydrogens (primary N) is 1. The summed E-state index contributed by atoms with van der Waals surface area (Å²) < 4.78 is 50.4. The Bertz CT molecular complexity index is 1570. The largest absolute Gasteiger partial charge is 0.493 e. The highest BCUT2D eigenvalue weighted by Gasteiger charge is 2.31. The van der Waals surface area contributed by atoms with Gasteiger partial charge in [-0.3, -0.25) is 4.79 Å². The van der Waals surface area contributed by atoms with Crippen molar-refractivity contribution < 1.29 is 37.0 Å². The van der Waals surface area contributed by atoms with Crippen LogP contribution in [-0.4, -0.2) is 30.7 Å². The van der Waals surface area contributed by atoms with E-state index in [1.54, 1.807) is 18.2 Å². The number of benzene rings is 3. The number of ether oxygens (including phenoxy) is 3. The van der Waals surface area contributed by atoms with Crippen LogP contribution in [0.15, 0.2) is 71.1 Å². The molecule has 9 nitrogen and oxygen atoms in total. The zero-order chi connectivity index (χ0) is 29.6. The van der Waals surface area contributed by atoms with Gasteiger partial charge in [-0.1, -0.05) is 36.4 Å². The van der Waals surface area contributed by atoms with Crippen LogP contribution in [0.2, 0.25) is 0 Å². The van der Waals surface area contributed by atoms with E-state index >= 15 is 0 Å². The third-order valence-corrected chi connectivity index (χ3v) is 6.72. The lowest BCUT2D eigenvalue weighted by molar-refractivity contribution is 0.0863. The van der Waals surface area contributed by atoms with Crippen LogP contribution in [0, 0.1) is 17.6 Å². The number of hydrogen-bond donors (Lipinski definition) is 2. The number of nitrogens with one attached hydrogen (secondary N) is 1. The number of primary amides is 1. The lowest BCUT2D eigenvalue weighted by atomic mass is 10.0. The second kappa shape index (κ2) is 12.7. The fourth-order valence-corrected chi connectivity index (χ4v) is 4.33. The average Bonchev–Trinajstić information content (AvgIpc) is 3.70. The van der Waals surface area contributed by atoms with Crippen molar-refractivity contribution in [3.05, 3.63) is 101 Å². The van der Waals surface area contributed by atoms with Crippen molar-refractivity contribution in [2.75, 3.05) is 13.7 Å². The molecule has 1 atom stereocenters. The van der Waals surface area contributed by atoms with Gasteiger partial charge in [-0.05, 0) is 48.6 Å². The lowest BCUT2D eigenvalue weighted by Gasteiger charge is -2.15. The van der Waals surface area contributed by atoms with Crippen LogP contribution >= 0.6 is 0 Å². The van der Waals surface area contributed by atoms with Gasteiger partial charge in [0.25, 0.3) is 5.91 Å². The molecule has 0 spiro atoms. The van der Waals surface area contributed by atoms with Crippen LogP contribution in [0.25, 0.3) is 11.5 Å². The molecule has 1 heterocycles. The predicted octanol–water partition coefficient (Wildman–Crippen LogP) is 5.73. The van der Waals surface area contributed by atoms with E-state index in [2.05, 4.69) is 10.3 Å². The molecule has 0 unspecified atom stereocenters. The van der Waals surface area contributed by atoms with Crippen molar-refractivity contribution in [2.45, 2.75) is 31.9 Å². The van der Waals surface area contributed by atoms with Crippen molar-refractivity contribution in [3.8, 4) is 23.0 Å². The summed E-state index contributed by atoms with van der Waals surface area (Å²) in [6.45, 7) is 0.282. The topological polar surface area (TPSA) is 126 Å². The molecule has 0 radical (unpaired) electrons. The molecule has 3 aromatic carbocycles. The normalized spacial score (nSPS) is 13.3. The molecule has 0 bridgehead atoms. The van der Waals surface area contributed by atoms with Gasteiger partial charge in [0, 0.05) is 30.2 Å². The number of carbonyl (C=O) groups excluding carboxylic acids is 2. The fraction of sp³-hybridized carbons (Fsp3) is 0.258. The van der Waals surface area contributed by atoms with Crippen molar-refractivity contribution in [2.24, 2.45) is 11.7 Å². The van der Waals surface area contributed by atoms with Gasteiger partial charge >= 0.3 is 6.09 Å². The molecule has 3 N–H and O–H groups in total. The maximum Gasteiger partial charge on any atom is 0.405 e. The number of aromatic nitrogens is 1.